The van der Waals surface area contributed by atoms with Crippen LogP contribution in [0, 0.1) is 5.82 Å². The van der Waals surface area contributed by atoms with Crippen molar-refractivity contribution in [3.63, 3.8) is 0 Å². The van der Waals surface area contributed by atoms with E-state index in [-0.39, 0.29) is 18.3 Å². The molecule has 0 atom stereocenters. The van der Waals surface area contributed by atoms with E-state index < -0.39 is 0 Å². The van der Waals surface area contributed by atoms with Crippen LogP contribution in [0.25, 0.3) is 11.3 Å². The van der Waals surface area contributed by atoms with E-state index in [1.54, 1.807) is 4.90 Å². The summed E-state index contributed by atoms with van der Waals surface area (Å²) in [6, 6.07) is 17.7. The van der Waals surface area contributed by atoms with Crippen LogP contribution < -0.4 is 9.64 Å². The van der Waals surface area contributed by atoms with Crippen molar-refractivity contribution in [1.29, 1.82) is 0 Å². The quantitative estimate of drug-likeness (QED) is 0.739. The lowest BCUT2D eigenvalue weighted by molar-refractivity contribution is -0.133. The molecule has 3 aromatic rings. The average molecular weight is 380 g/mol. The molecule has 6 nitrogen and oxygen atoms in total. The molecule has 1 amide bonds. The smallest absolute Gasteiger partial charge is 0.260 e. The van der Waals surface area contributed by atoms with Gasteiger partial charge in [-0.3, -0.25) is 9.89 Å². The lowest BCUT2D eigenvalue weighted by atomic mass is 10.1. The number of carbonyl (C=O) groups excluding carboxylic acids is 1. The topological polar surface area (TPSA) is 61.5 Å². The number of piperazine rings is 1. The van der Waals surface area contributed by atoms with Gasteiger partial charge in [0.05, 0.1) is 5.69 Å². The number of H-pyrrole nitrogens is 1. The van der Waals surface area contributed by atoms with Crippen molar-refractivity contribution in [2.75, 3.05) is 37.7 Å². The first kappa shape index (κ1) is 18.0. The number of hydrogen-bond donors (Lipinski definition) is 1. The van der Waals surface area contributed by atoms with Crippen LogP contribution in [-0.4, -0.2) is 53.8 Å². The third kappa shape index (κ3) is 4.14. The Morgan fingerprint density at radius 2 is 1.75 bits per heavy atom. The second kappa shape index (κ2) is 8.12. The normalized spacial score (nSPS) is 14.2. The number of benzene rings is 2. The summed E-state index contributed by atoms with van der Waals surface area (Å²) in [5.74, 6) is 0.964. The molecule has 0 bridgehead atoms. The highest BCUT2D eigenvalue weighted by atomic mass is 19.1. The van der Waals surface area contributed by atoms with Gasteiger partial charge in [-0.2, -0.15) is 5.10 Å². The number of halogens is 1. The van der Waals surface area contributed by atoms with Gasteiger partial charge >= 0.3 is 0 Å². The van der Waals surface area contributed by atoms with Crippen LogP contribution in [0.1, 0.15) is 0 Å². The molecule has 1 N–H and O–H groups in total. The Balaban J connectivity index is 1.29. The van der Waals surface area contributed by atoms with E-state index >= 15 is 0 Å². The Morgan fingerprint density at radius 1 is 1.04 bits per heavy atom. The van der Waals surface area contributed by atoms with E-state index in [2.05, 4.69) is 15.1 Å². The fourth-order valence-electron chi connectivity index (χ4n) is 3.19. The summed E-state index contributed by atoms with van der Waals surface area (Å²) < 4.78 is 18.4. The molecule has 7 heteroatoms. The molecular formula is C21H21FN4O2. The maximum absolute atomic E-state index is 12.9. The van der Waals surface area contributed by atoms with Crippen molar-refractivity contribution in [1.82, 2.24) is 15.1 Å². The van der Waals surface area contributed by atoms with Crippen molar-refractivity contribution in [3.8, 4) is 17.0 Å². The number of carbonyl (C=O) groups is 1. The van der Waals surface area contributed by atoms with E-state index in [0.717, 1.165) is 17.1 Å². The first-order valence-electron chi connectivity index (χ1n) is 9.21. The predicted molar refractivity (Wildman–Crippen MR) is 105 cm³/mol. The molecule has 4 rings (SSSR count). The molecule has 1 aliphatic heterocycles. The lowest BCUT2D eigenvalue weighted by Crippen LogP contribution is -2.50. The molecule has 0 aliphatic carbocycles. The zero-order chi connectivity index (χ0) is 19.3. The molecular weight excluding hydrogens is 359 g/mol. The average Bonchev–Trinajstić information content (AvgIpc) is 3.24. The largest absolute Gasteiger partial charge is 0.484 e. The van der Waals surface area contributed by atoms with Crippen LogP contribution in [0.2, 0.25) is 0 Å². The molecule has 1 aliphatic rings. The van der Waals surface area contributed by atoms with Crippen LogP contribution >= 0.6 is 0 Å². The van der Waals surface area contributed by atoms with Crippen LogP contribution in [-0.2, 0) is 4.79 Å². The third-order valence-corrected chi connectivity index (χ3v) is 4.78. The minimum absolute atomic E-state index is 0.0494. The molecule has 2 heterocycles. The Hall–Kier alpha value is -3.35. The van der Waals surface area contributed by atoms with Crippen LogP contribution in [0.5, 0.6) is 5.75 Å². The summed E-state index contributed by atoms with van der Waals surface area (Å²) in [7, 11) is 0. The van der Waals surface area contributed by atoms with E-state index in [1.165, 1.54) is 24.3 Å². The number of rotatable bonds is 5. The highest BCUT2D eigenvalue weighted by molar-refractivity contribution is 5.78. The summed E-state index contributed by atoms with van der Waals surface area (Å²) in [4.78, 5) is 16.3. The molecule has 0 saturated carbocycles. The van der Waals surface area contributed by atoms with Crippen molar-refractivity contribution >= 4 is 11.7 Å². The van der Waals surface area contributed by atoms with Crippen molar-refractivity contribution in [2.24, 2.45) is 0 Å². The van der Waals surface area contributed by atoms with E-state index in [9.17, 15) is 9.18 Å². The summed E-state index contributed by atoms with van der Waals surface area (Å²) >= 11 is 0. The van der Waals surface area contributed by atoms with Crippen molar-refractivity contribution in [3.05, 3.63) is 66.5 Å². The Kier molecular flexibility index (Phi) is 5.23. The van der Waals surface area contributed by atoms with Gasteiger partial charge in [-0.05, 0) is 29.8 Å². The standard InChI is InChI=1S/C21H21FN4O2/c22-17-6-8-18(9-7-17)28-15-21(27)26-12-10-25(11-13-26)20-14-19(23-24-20)16-4-2-1-3-5-16/h1-9,14H,10-13,15H2,(H,23,24). The molecule has 0 spiro atoms. The van der Waals surface area contributed by atoms with E-state index in [1.807, 2.05) is 36.4 Å². The van der Waals surface area contributed by atoms with Crippen molar-refractivity contribution < 1.29 is 13.9 Å². The summed E-state index contributed by atoms with van der Waals surface area (Å²) in [6.07, 6.45) is 0. The van der Waals surface area contributed by atoms with Gasteiger partial charge in [0.1, 0.15) is 11.6 Å². The first-order chi connectivity index (χ1) is 13.7. The lowest BCUT2D eigenvalue weighted by Gasteiger charge is -2.34. The number of aromatic amines is 1. The SMILES string of the molecule is O=C(COc1ccc(F)cc1)N1CCN(c2cc(-c3ccccc3)[nH]n2)CC1. The molecule has 0 radical (unpaired) electrons. The summed E-state index contributed by atoms with van der Waals surface area (Å²) in [5, 5.41) is 7.49. The van der Waals surface area contributed by atoms with Gasteiger partial charge in [-0.25, -0.2) is 4.39 Å². The highest BCUT2D eigenvalue weighted by Crippen LogP contribution is 2.22. The maximum Gasteiger partial charge on any atom is 0.260 e. The number of nitrogens with zero attached hydrogens (tertiary/aromatic N) is 3. The molecule has 1 aromatic heterocycles. The minimum Gasteiger partial charge on any atom is -0.484 e. The monoisotopic (exact) mass is 380 g/mol. The molecule has 2 aromatic carbocycles. The highest BCUT2D eigenvalue weighted by Gasteiger charge is 2.23. The Bertz CT molecular complexity index is 919. The van der Waals surface area contributed by atoms with Gasteiger partial charge in [-0.15, -0.1) is 0 Å². The fraction of sp³-hybridized carbons (Fsp3) is 0.238. The number of ether oxygens (including phenoxy) is 1. The second-order valence-corrected chi connectivity index (χ2v) is 6.62. The Labute approximate surface area is 162 Å². The fourth-order valence-corrected chi connectivity index (χ4v) is 3.19. The molecule has 1 fully saturated rings. The molecule has 144 valence electrons. The van der Waals surface area contributed by atoms with Gasteiger partial charge in [0.25, 0.3) is 5.91 Å². The molecule has 0 unspecified atom stereocenters. The zero-order valence-electron chi connectivity index (χ0n) is 15.3. The van der Waals surface area contributed by atoms with Gasteiger partial charge in [0.15, 0.2) is 12.4 Å². The van der Waals surface area contributed by atoms with Crippen LogP contribution in [0.15, 0.2) is 60.7 Å². The number of anilines is 1. The molecule has 1 saturated heterocycles. The van der Waals surface area contributed by atoms with Crippen molar-refractivity contribution in [2.45, 2.75) is 0 Å². The van der Waals surface area contributed by atoms with Crippen LogP contribution in [0.3, 0.4) is 0 Å². The zero-order valence-corrected chi connectivity index (χ0v) is 15.3. The number of hydrogen-bond acceptors (Lipinski definition) is 4. The Morgan fingerprint density at radius 3 is 2.46 bits per heavy atom. The van der Waals surface area contributed by atoms with Gasteiger partial charge in [0, 0.05) is 32.2 Å². The predicted octanol–water partition coefficient (Wildman–Crippen LogP) is 2.94. The van der Waals surface area contributed by atoms with E-state index in [0.29, 0.717) is 31.9 Å². The minimum atomic E-state index is -0.330. The summed E-state index contributed by atoms with van der Waals surface area (Å²) in [5.41, 5.74) is 2.06. The van der Waals surface area contributed by atoms with E-state index in [4.69, 9.17) is 4.74 Å². The maximum atomic E-state index is 12.9. The van der Waals surface area contributed by atoms with Gasteiger partial charge in [0.2, 0.25) is 0 Å². The van der Waals surface area contributed by atoms with Gasteiger partial charge < -0.3 is 14.5 Å². The second-order valence-electron chi connectivity index (χ2n) is 6.62. The first-order valence-corrected chi connectivity index (χ1v) is 9.21. The number of aromatic nitrogens is 2. The number of nitrogens with one attached hydrogen (secondary N) is 1. The van der Waals surface area contributed by atoms with Gasteiger partial charge in [-0.1, -0.05) is 30.3 Å². The van der Waals surface area contributed by atoms with Crippen LogP contribution in [0.4, 0.5) is 10.2 Å². The summed E-state index contributed by atoms with van der Waals surface area (Å²) in [6.45, 7) is 2.59. The molecule has 28 heavy (non-hydrogen) atoms. The number of amides is 1. The third-order valence-electron chi connectivity index (χ3n) is 4.78.